The first-order valence-corrected chi connectivity index (χ1v) is 8.55. The molecule has 0 rings (SSSR count). The minimum absolute atomic E-state index is 0.613. The number of rotatable bonds is 5. The van der Waals surface area contributed by atoms with E-state index in [1.807, 2.05) is 0 Å². The lowest BCUT2D eigenvalue weighted by Crippen LogP contribution is -2.48. The van der Waals surface area contributed by atoms with Crippen LogP contribution in [0.3, 0.4) is 0 Å². The van der Waals surface area contributed by atoms with Gasteiger partial charge >= 0.3 is 0 Å². The molecule has 0 aliphatic rings. The van der Waals surface area contributed by atoms with Gasteiger partial charge in [0.25, 0.3) is 8.32 Å². The van der Waals surface area contributed by atoms with Crippen LogP contribution in [0.2, 0.25) is 16.6 Å². The molecule has 1 nitrogen and oxygen atoms in total. The van der Waals surface area contributed by atoms with Gasteiger partial charge in [0, 0.05) is 6.42 Å². The van der Waals surface area contributed by atoms with Crippen molar-refractivity contribution >= 4 is 25.6 Å². The molecule has 0 aromatic heterocycles. The summed E-state index contributed by atoms with van der Waals surface area (Å²) in [5.41, 5.74) is 1.84. The van der Waals surface area contributed by atoms with Crippen LogP contribution in [0.25, 0.3) is 0 Å². The third-order valence-corrected chi connectivity index (χ3v) is 9.82. The molecule has 0 aromatic carbocycles. The molecule has 0 fully saturated rings. The predicted octanol–water partition coefficient (Wildman–Crippen LogP) is 4.92. The smallest absolute Gasteiger partial charge is 0.259 e. The maximum atomic E-state index is 6.24. The average Bonchev–Trinajstić information content (AvgIpc) is 2.11. The van der Waals surface area contributed by atoms with E-state index in [-0.39, 0.29) is 0 Å². The predicted molar refractivity (Wildman–Crippen MR) is 75.0 cm³/mol. The van der Waals surface area contributed by atoms with Gasteiger partial charge < -0.3 is 4.43 Å². The van der Waals surface area contributed by atoms with Gasteiger partial charge in [-0.15, -0.1) is 0 Å². The number of hydrogen-bond donors (Lipinski definition) is 0. The lowest BCUT2D eigenvalue weighted by Gasteiger charge is -2.42. The Morgan fingerprint density at radius 1 is 1.00 bits per heavy atom. The van der Waals surface area contributed by atoms with E-state index in [0.717, 1.165) is 11.5 Å². The van der Waals surface area contributed by atoms with Gasteiger partial charge in [0.05, 0.1) is 0 Å². The summed E-state index contributed by atoms with van der Waals surface area (Å²) in [4.78, 5) is 0. The van der Waals surface area contributed by atoms with Crippen LogP contribution in [0.4, 0.5) is 0 Å². The Hall–Kier alpha value is 0.107. The van der Waals surface area contributed by atoms with Gasteiger partial charge in [-0.05, 0) is 28.8 Å². The molecule has 90 valence electrons. The van der Waals surface area contributed by atoms with Gasteiger partial charge in [-0.2, -0.15) is 0 Å². The fourth-order valence-electron chi connectivity index (χ4n) is 2.62. The summed E-state index contributed by atoms with van der Waals surface area (Å²) in [5.74, 6) is 0. The van der Waals surface area contributed by atoms with Crippen molar-refractivity contribution in [3.8, 4) is 0 Å². The summed E-state index contributed by atoms with van der Waals surface area (Å²) in [5, 5.41) is 0.803. The van der Waals surface area contributed by atoms with Crippen LogP contribution in [0.15, 0.2) is 0 Å². The largest absolute Gasteiger partial charge is 0.538 e. The highest BCUT2D eigenvalue weighted by Crippen LogP contribution is 2.42. The first-order chi connectivity index (χ1) is 6.78. The van der Waals surface area contributed by atoms with Crippen molar-refractivity contribution < 1.29 is 4.43 Å². The van der Waals surface area contributed by atoms with Crippen molar-refractivity contribution in [2.45, 2.75) is 71.5 Å². The van der Waals surface area contributed by atoms with Crippen molar-refractivity contribution in [2.75, 3.05) is 0 Å². The summed E-state index contributed by atoms with van der Waals surface area (Å²) in [6.45, 7) is 15.8. The summed E-state index contributed by atoms with van der Waals surface area (Å²) >= 11 is 5.27. The fourth-order valence-corrected chi connectivity index (χ4v) is 8.30. The second kappa shape index (κ2) is 5.99. The minimum atomic E-state index is -1.75. The summed E-state index contributed by atoms with van der Waals surface area (Å²) in [6.07, 6.45) is 0.857. The fraction of sp³-hybridized carbons (Fsp3) is 0.917. The van der Waals surface area contributed by atoms with Crippen LogP contribution in [-0.2, 0) is 4.43 Å². The zero-order valence-electron chi connectivity index (χ0n) is 11.3. The molecule has 0 amide bonds. The van der Waals surface area contributed by atoms with E-state index in [9.17, 15) is 0 Å². The molecule has 0 unspecified atom stereocenters. The van der Waals surface area contributed by atoms with Gasteiger partial charge in [-0.3, -0.25) is 0 Å². The van der Waals surface area contributed by atoms with Crippen LogP contribution < -0.4 is 0 Å². The topological polar surface area (TPSA) is 9.23 Å². The van der Waals surface area contributed by atoms with Gasteiger partial charge in [0.1, 0.15) is 5.05 Å². The average molecular weight is 246 g/mol. The third kappa shape index (κ3) is 3.28. The Labute approximate surface area is 102 Å². The maximum Gasteiger partial charge on any atom is 0.259 e. The van der Waals surface area contributed by atoms with Crippen LogP contribution in [0, 0.1) is 0 Å². The summed E-state index contributed by atoms with van der Waals surface area (Å²) in [7, 11) is -1.75. The van der Waals surface area contributed by atoms with E-state index in [0.29, 0.717) is 16.6 Å². The molecule has 0 heterocycles. The standard InChI is InChI=1S/C12H26OSSi/c1-8-12(14)13-15(9(2)3,10(4)5)11(6)7/h9-11H,8H2,1-7H3. The molecule has 0 saturated carbocycles. The highest BCUT2D eigenvalue weighted by atomic mass is 32.1. The molecule has 15 heavy (non-hydrogen) atoms. The van der Waals surface area contributed by atoms with E-state index >= 15 is 0 Å². The Morgan fingerprint density at radius 2 is 1.33 bits per heavy atom. The zero-order valence-corrected chi connectivity index (χ0v) is 13.1. The van der Waals surface area contributed by atoms with Gasteiger partial charge in [0.15, 0.2) is 0 Å². The lowest BCUT2D eigenvalue weighted by molar-refractivity contribution is 0.473. The van der Waals surface area contributed by atoms with Crippen molar-refractivity contribution in [1.82, 2.24) is 0 Å². The van der Waals surface area contributed by atoms with Crippen molar-refractivity contribution in [3.63, 3.8) is 0 Å². The second-order valence-electron chi connectivity index (χ2n) is 5.15. The number of thiocarbonyl (C=S) groups is 1. The molecular weight excluding hydrogens is 220 g/mol. The van der Waals surface area contributed by atoms with Crippen LogP contribution in [-0.4, -0.2) is 13.4 Å². The normalized spacial score (nSPS) is 12.7. The molecule has 0 spiro atoms. The van der Waals surface area contributed by atoms with Gasteiger partial charge in [0.2, 0.25) is 0 Å². The molecule has 0 atom stereocenters. The lowest BCUT2D eigenvalue weighted by atomic mass is 10.5. The van der Waals surface area contributed by atoms with Crippen LogP contribution >= 0.6 is 12.2 Å². The molecular formula is C12H26OSSi. The highest BCUT2D eigenvalue weighted by molar-refractivity contribution is 7.80. The molecule has 0 aliphatic carbocycles. The molecule has 0 radical (unpaired) electrons. The van der Waals surface area contributed by atoms with E-state index in [2.05, 4.69) is 48.5 Å². The Bertz CT molecular complexity index is 190. The van der Waals surface area contributed by atoms with Gasteiger partial charge in [-0.1, -0.05) is 48.5 Å². The van der Waals surface area contributed by atoms with E-state index in [1.54, 1.807) is 0 Å². The van der Waals surface area contributed by atoms with Crippen LogP contribution in [0.1, 0.15) is 54.9 Å². The van der Waals surface area contributed by atoms with E-state index in [1.165, 1.54) is 0 Å². The van der Waals surface area contributed by atoms with Crippen molar-refractivity contribution in [1.29, 1.82) is 0 Å². The quantitative estimate of drug-likeness (QED) is 0.503. The van der Waals surface area contributed by atoms with Gasteiger partial charge in [-0.25, -0.2) is 0 Å². The first kappa shape index (κ1) is 15.1. The molecule has 0 N–H and O–H groups in total. The first-order valence-electron chi connectivity index (χ1n) is 6.00. The minimum Gasteiger partial charge on any atom is -0.538 e. The number of hydrogen-bond acceptors (Lipinski definition) is 2. The maximum absolute atomic E-state index is 6.24. The molecule has 0 aromatic rings. The summed E-state index contributed by atoms with van der Waals surface area (Å²) < 4.78 is 6.24. The zero-order chi connectivity index (χ0) is 12.2. The SMILES string of the molecule is CCC(=S)O[Si](C(C)C)(C(C)C)C(C)C. The Morgan fingerprint density at radius 3 is 1.53 bits per heavy atom. The molecule has 3 heteroatoms. The van der Waals surface area contributed by atoms with E-state index < -0.39 is 8.32 Å². The summed E-state index contributed by atoms with van der Waals surface area (Å²) in [6, 6.07) is 0. The second-order valence-corrected chi connectivity index (χ2v) is 11.0. The van der Waals surface area contributed by atoms with Crippen LogP contribution in [0.5, 0.6) is 0 Å². The molecule has 0 aliphatic heterocycles. The van der Waals surface area contributed by atoms with Crippen molar-refractivity contribution in [3.05, 3.63) is 0 Å². The Kier molecular flexibility index (Phi) is 6.04. The third-order valence-electron chi connectivity index (χ3n) is 3.29. The van der Waals surface area contributed by atoms with Crippen molar-refractivity contribution in [2.24, 2.45) is 0 Å². The highest BCUT2D eigenvalue weighted by Gasteiger charge is 2.47. The Balaban J connectivity index is 5.05. The monoisotopic (exact) mass is 246 g/mol. The molecule has 0 bridgehead atoms. The van der Waals surface area contributed by atoms with E-state index in [4.69, 9.17) is 16.6 Å². The molecule has 0 saturated heterocycles.